The topological polar surface area (TPSA) is 57.6 Å². The molecule has 1 aliphatic carbocycles. The number of likely N-dealkylation sites (tertiary alicyclic amines) is 1. The SMILES string of the molecule is Cc1cc(C(=O)N2CC3CCCC3C2C(=O)O)ccc1F. The summed E-state index contributed by atoms with van der Waals surface area (Å²) >= 11 is 0. The normalized spacial score (nSPS) is 27.7. The summed E-state index contributed by atoms with van der Waals surface area (Å²) in [5.74, 6) is -1.25. The Labute approximate surface area is 122 Å². The minimum Gasteiger partial charge on any atom is -0.480 e. The lowest BCUT2D eigenvalue weighted by Crippen LogP contribution is -2.43. The molecule has 1 aromatic rings. The van der Waals surface area contributed by atoms with E-state index >= 15 is 0 Å². The van der Waals surface area contributed by atoms with Crippen molar-refractivity contribution in [1.82, 2.24) is 4.90 Å². The number of hydrogen-bond acceptors (Lipinski definition) is 2. The molecule has 1 saturated heterocycles. The highest BCUT2D eigenvalue weighted by Gasteiger charge is 2.49. The Bertz CT molecular complexity index is 601. The van der Waals surface area contributed by atoms with E-state index in [0.29, 0.717) is 17.7 Å². The Hall–Kier alpha value is -1.91. The zero-order valence-corrected chi connectivity index (χ0v) is 11.9. The smallest absolute Gasteiger partial charge is 0.326 e. The van der Waals surface area contributed by atoms with Crippen LogP contribution in [0.15, 0.2) is 18.2 Å². The minimum absolute atomic E-state index is 0.0630. The number of aliphatic carboxylic acids is 1. The summed E-state index contributed by atoms with van der Waals surface area (Å²) in [6.45, 7) is 2.09. The lowest BCUT2D eigenvalue weighted by Gasteiger charge is -2.24. The van der Waals surface area contributed by atoms with Crippen molar-refractivity contribution in [3.8, 4) is 0 Å². The van der Waals surface area contributed by atoms with Crippen LogP contribution in [0.3, 0.4) is 0 Å². The van der Waals surface area contributed by atoms with E-state index in [0.717, 1.165) is 19.3 Å². The highest BCUT2D eigenvalue weighted by atomic mass is 19.1. The molecule has 5 heteroatoms. The maximum atomic E-state index is 13.3. The number of benzene rings is 1. The first-order valence-corrected chi connectivity index (χ1v) is 7.29. The third kappa shape index (κ3) is 2.30. The van der Waals surface area contributed by atoms with Crippen LogP contribution in [0.1, 0.15) is 35.2 Å². The molecule has 2 fully saturated rings. The van der Waals surface area contributed by atoms with Crippen LogP contribution in [0, 0.1) is 24.6 Å². The van der Waals surface area contributed by atoms with Gasteiger partial charge in [0.15, 0.2) is 0 Å². The van der Waals surface area contributed by atoms with Crippen molar-refractivity contribution in [2.75, 3.05) is 6.54 Å². The summed E-state index contributed by atoms with van der Waals surface area (Å²) < 4.78 is 13.3. The van der Waals surface area contributed by atoms with E-state index in [1.54, 1.807) is 6.92 Å². The zero-order chi connectivity index (χ0) is 15.1. The number of fused-ring (bicyclic) bond motifs is 1. The second kappa shape index (κ2) is 5.13. The van der Waals surface area contributed by atoms with Crippen LogP contribution >= 0.6 is 0 Å². The Morgan fingerprint density at radius 3 is 2.76 bits per heavy atom. The number of carbonyl (C=O) groups is 2. The van der Waals surface area contributed by atoms with Crippen LogP contribution in [-0.2, 0) is 4.79 Å². The van der Waals surface area contributed by atoms with E-state index in [2.05, 4.69) is 0 Å². The van der Waals surface area contributed by atoms with Gasteiger partial charge in [0.25, 0.3) is 5.91 Å². The molecule has 0 bridgehead atoms. The van der Waals surface area contributed by atoms with Gasteiger partial charge in [-0.05, 0) is 55.4 Å². The van der Waals surface area contributed by atoms with Crippen molar-refractivity contribution in [3.05, 3.63) is 35.1 Å². The molecule has 1 aromatic carbocycles. The van der Waals surface area contributed by atoms with Crippen LogP contribution < -0.4 is 0 Å². The van der Waals surface area contributed by atoms with Crippen molar-refractivity contribution in [2.45, 2.75) is 32.2 Å². The summed E-state index contributed by atoms with van der Waals surface area (Å²) in [6, 6.07) is 3.44. The van der Waals surface area contributed by atoms with E-state index in [9.17, 15) is 19.1 Å². The molecule has 0 radical (unpaired) electrons. The van der Waals surface area contributed by atoms with Gasteiger partial charge in [0.05, 0.1) is 0 Å². The summed E-state index contributed by atoms with van der Waals surface area (Å²) in [5.41, 5.74) is 0.757. The Morgan fingerprint density at radius 1 is 1.33 bits per heavy atom. The van der Waals surface area contributed by atoms with Gasteiger partial charge in [-0.25, -0.2) is 9.18 Å². The number of carboxylic acids is 1. The van der Waals surface area contributed by atoms with Crippen molar-refractivity contribution >= 4 is 11.9 Å². The van der Waals surface area contributed by atoms with Gasteiger partial charge in [0.1, 0.15) is 11.9 Å². The van der Waals surface area contributed by atoms with Gasteiger partial charge in [-0.1, -0.05) is 6.42 Å². The van der Waals surface area contributed by atoms with Crippen LogP contribution in [0.5, 0.6) is 0 Å². The standard InChI is InChI=1S/C16H18FNO3/c1-9-7-10(5-6-13(9)17)15(19)18-8-11-3-2-4-12(11)14(18)16(20)21/h5-7,11-12,14H,2-4,8H2,1H3,(H,20,21). The molecule has 1 amide bonds. The Balaban J connectivity index is 1.89. The lowest BCUT2D eigenvalue weighted by molar-refractivity contribution is -0.142. The minimum atomic E-state index is -0.934. The zero-order valence-electron chi connectivity index (χ0n) is 11.9. The highest BCUT2D eigenvalue weighted by Crippen LogP contribution is 2.42. The Morgan fingerprint density at radius 2 is 2.10 bits per heavy atom. The summed E-state index contributed by atoms with van der Waals surface area (Å²) in [4.78, 5) is 25.6. The number of carbonyl (C=O) groups excluding carboxylic acids is 1. The van der Waals surface area contributed by atoms with Gasteiger partial charge >= 0.3 is 5.97 Å². The molecular weight excluding hydrogens is 273 g/mol. The molecule has 3 atom stereocenters. The molecule has 1 N–H and O–H groups in total. The number of halogens is 1. The number of aryl methyl sites for hydroxylation is 1. The number of nitrogens with zero attached hydrogens (tertiary/aromatic N) is 1. The van der Waals surface area contributed by atoms with E-state index in [1.807, 2.05) is 0 Å². The predicted molar refractivity (Wildman–Crippen MR) is 74.4 cm³/mol. The fourth-order valence-electron chi connectivity index (χ4n) is 3.77. The number of hydrogen-bond donors (Lipinski definition) is 1. The van der Waals surface area contributed by atoms with Crippen LogP contribution in [0.4, 0.5) is 4.39 Å². The quantitative estimate of drug-likeness (QED) is 0.910. The monoisotopic (exact) mass is 291 g/mol. The first-order chi connectivity index (χ1) is 9.99. The Kier molecular flexibility index (Phi) is 3.43. The first-order valence-electron chi connectivity index (χ1n) is 7.29. The second-order valence-corrected chi connectivity index (χ2v) is 6.06. The van der Waals surface area contributed by atoms with Crippen molar-refractivity contribution in [1.29, 1.82) is 0 Å². The molecular formula is C16H18FNO3. The predicted octanol–water partition coefficient (Wildman–Crippen LogP) is 2.46. The summed E-state index contributed by atoms with van der Waals surface area (Å²) in [7, 11) is 0. The maximum Gasteiger partial charge on any atom is 0.326 e. The molecule has 0 aromatic heterocycles. The number of carboxylic acid groups (broad SMARTS) is 1. The molecule has 2 aliphatic rings. The molecule has 1 aliphatic heterocycles. The van der Waals surface area contributed by atoms with E-state index < -0.39 is 12.0 Å². The summed E-state index contributed by atoms with van der Waals surface area (Å²) in [5, 5.41) is 9.47. The fourth-order valence-corrected chi connectivity index (χ4v) is 3.77. The average molecular weight is 291 g/mol. The summed E-state index contributed by atoms with van der Waals surface area (Å²) in [6.07, 6.45) is 2.89. The second-order valence-electron chi connectivity index (χ2n) is 6.06. The van der Waals surface area contributed by atoms with Crippen LogP contribution in [0.2, 0.25) is 0 Å². The van der Waals surface area contributed by atoms with Gasteiger partial charge in [-0.15, -0.1) is 0 Å². The van der Waals surface area contributed by atoms with E-state index in [1.165, 1.54) is 23.1 Å². The van der Waals surface area contributed by atoms with Crippen molar-refractivity contribution < 1.29 is 19.1 Å². The third-order valence-electron chi connectivity index (χ3n) is 4.81. The van der Waals surface area contributed by atoms with E-state index in [-0.39, 0.29) is 23.6 Å². The molecule has 3 rings (SSSR count). The van der Waals surface area contributed by atoms with Gasteiger partial charge in [-0.2, -0.15) is 0 Å². The molecule has 112 valence electrons. The molecule has 1 heterocycles. The number of rotatable bonds is 2. The molecule has 4 nitrogen and oxygen atoms in total. The van der Waals surface area contributed by atoms with Gasteiger partial charge in [-0.3, -0.25) is 4.79 Å². The van der Waals surface area contributed by atoms with Gasteiger partial charge < -0.3 is 10.0 Å². The lowest BCUT2D eigenvalue weighted by atomic mass is 9.94. The molecule has 1 saturated carbocycles. The molecule has 3 unspecified atom stereocenters. The highest BCUT2D eigenvalue weighted by molar-refractivity contribution is 5.97. The third-order valence-corrected chi connectivity index (χ3v) is 4.81. The van der Waals surface area contributed by atoms with Crippen molar-refractivity contribution in [2.24, 2.45) is 11.8 Å². The van der Waals surface area contributed by atoms with Crippen LogP contribution in [-0.4, -0.2) is 34.5 Å². The van der Waals surface area contributed by atoms with Gasteiger partial charge in [0, 0.05) is 12.1 Å². The van der Waals surface area contributed by atoms with Crippen molar-refractivity contribution in [3.63, 3.8) is 0 Å². The van der Waals surface area contributed by atoms with Gasteiger partial charge in [0.2, 0.25) is 0 Å². The number of amides is 1. The fraction of sp³-hybridized carbons (Fsp3) is 0.500. The molecule has 21 heavy (non-hydrogen) atoms. The molecule has 0 spiro atoms. The first kappa shape index (κ1) is 14.0. The maximum absolute atomic E-state index is 13.3. The average Bonchev–Trinajstić information content (AvgIpc) is 3.00. The largest absolute Gasteiger partial charge is 0.480 e. The van der Waals surface area contributed by atoms with Crippen LogP contribution in [0.25, 0.3) is 0 Å². The van der Waals surface area contributed by atoms with E-state index in [4.69, 9.17) is 0 Å².